The molecular formula is C13H25N. The number of rotatable bonds is 3. The standard InChI is InChI=1S/C13H25N/c1-6-7-8-13(5)10-11(2)9-12(3,4)14-13/h6,11,14H,1,7-10H2,2-5H3. The van der Waals surface area contributed by atoms with Crippen LogP contribution >= 0.6 is 0 Å². The maximum atomic E-state index is 3.80. The Hall–Kier alpha value is -0.300. The van der Waals surface area contributed by atoms with Crippen LogP contribution in [0.1, 0.15) is 53.4 Å². The zero-order valence-corrected chi connectivity index (χ0v) is 10.2. The highest BCUT2D eigenvalue weighted by Crippen LogP contribution is 2.35. The second-order valence-corrected chi connectivity index (χ2v) is 5.91. The third-order valence-electron chi connectivity index (χ3n) is 3.20. The predicted octanol–water partition coefficient (Wildman–Crippen LogP) is 3.51. The molecule has 1 N–H and O–H groups in total. The molecule has 0 aliphatic carbocycles. The fourth-order valence-electron chi connectivity index (χ4n) is 3.22. The van der Waals surface area contributed by atoms with Crippen molar-refractivity contribution in [2.45, 2.75) is 64.5 Å². The number of piperidine rings is 1. The second-order valence-electron chi connectivity index (χ2n) is 5.91. The van der Waals surface area contributed by atoms with Gasteiger partial charge in [0.15, 0.2) is 0 Å². The Morgan fingerprint density at radius 3 is 2.50 bits per heavy atom. The molecular weight excluding hydrogens is 170 g/mol. The maximum absolute atomic E-state index is 3.80. The average Bonchev–Trinajstić information content (AvgIpc) is 1.96. The molecule has 2 atom stereocenters. The lowest BCUT2D eigenvalue weighted by molar-refractivity contribution is 0.118. The first-order chi connectivity index (χ1) is 6.37. The zero-order chi connectivity index (χ0) is 10.8. The van der Waals surface area contributed by atoms with Gasteiger partial charge in [0, 0.05) is 11.1 Å². The van der Waals surface area contributed by atoms with Crippen molar-refractivity contribution < 1.29 is 0 Å². The van der Waals surface area contributed by atoms with Crippen LogP contribution < -0.4 is 5.32 Å². The minimum Gasteiger partial charge on any atom is -0.307 e. The fourth-order valence-corrected chi connectivity index (χ4v) is 3.22. The van der Waals surface area contributed by atoms with Crippen LogP contribution in [0.2, 0.25) is 0 Å². The molecule has 0 amide bonds. The normalized spacial score (nSPS) is 36.7. The van der Waals surface area contributed by atoms with Gasteiger partial charge in [-0.15, -0.1) is 6.58 Å². The summed E-state index contributed by atoms with van der Waals surface area (Å²) in [5.74, 6) is 0.834. The van der Waals surface area contributed by atoms with Gasteiger partial charge in [0.25, 0.3) is 0 Å². The van der Waals surface area contributed by atoms with Crippen LogP contribution in [0.25, 0.3) is 0 Å². The topological polar surface area (TPSA) is 12.0 Å². The number of hydrogen-bond acceptors (Lipinski definition) is 1. The van der Waals surface area contributed by atoms with E-state index >= 15 is 0 Å². The van der Waals surface area contributed by atoms with Crippen molar-refractivity contribution in [1.82, 2.24) is 5.32 Å². The Kier molecular flexibility index (Phi) is 3.41. The van der Waals surface area contributed by atoms with Crippen LogP contribution in [0.4, 0.5) is 0 Å². The van der Waals surface area contributed by atoms with Crippen molar-refractivity contribution in [2.24, 2.45) is 5.92 Å². The summed E-state index contributed by atoms with van der Waals surface area (Å²) in [5.41, 5.74) is 0.614. The van der Waals surface area contributed by atoms with Crippen molar-refractivity contribution in [1.29, 1.82) is 0 Å². The van der Waals surface area contributed by atoms with Crippen LogP contribution in [0, 0.1) is 5.92 Å². The Labute approximate surface area is 89.0 Å². The molecule has 1 aliphatic rings. The summed E-state index contributed by atoms with van der Waals surface area (Å²) in [7, 11) is 0. The van der Waals surface area contributed by atoms with Gasteiger partial charge in [-0.1, -0.05) is 13.0 Å². The van der Waals surface area contributed by atoms with Crippen LogP contribution in [0.5, 0.6) is 0 Å². The highest BCUT2D eigenvalue weighted by Gasteiger charge is 2.37. The van der Waals surface area contributed by atoms with Crippen LogP contribution in [0.3, 0.4) is 0 Å². The minimum absolute atomic E-state index is 0.299. The van der Waals surface area contributed by atoms with Gasteiger partial charge in [-0.05, 0) is 52.4 Å². The van der Waals surface area contributed by atoms with Crippen molar-refractivity contribution in [3.8, 4) is 0 Å². The molecule has 1 aliphatic heterocycles. The second kappa shape index (κ2) is 4.06. The Balaban J connectivity index is 2.63. The largest absolute Gasteiger partial charge is 0.307 e. The van der Waals surface area contributed by atoms with E-state index in [0.717, 1.165) is 12.3 Å². The molecule has 0 saturated carbocycles. The average molecular weight is 195 g/mol. The van der Waals surface area contributed by atoms with Gasteiger partial charge in [-0.3, -0.25) is 0 Å². The molecule has 0 aromatic heterocycles. The lowest BCUT2D eigenvalue weighted by Crippen LogP contribution is -2.58. The van der Waals surface area contributed by atoms with Gasteiger partial charge in [0.05, 0.1) is 0 Å². The number of hydrogen-bond donors (Lipinski definition) is 1. The lowest BCUT2D eigenvalue weighted by Gasteiger charge is -2.47. The van der Waals surface area contributed by atoms with Gasteiger partial charge in [-0.2, -0.15) is 0 Å². The molecule has 1 fully saturated rings. The van der Waals surface area contributed by atoms with Gasteiger partial charge in [0.2, 0.25) is 0 Å². The third kappa shape index (κ3) is 3.13. The molecule has 1 heteroatoms. The van der Waals surface area contributed by atoms with E-state index in [-0.39, 0.29) is 0 Å². The predicted molar refractivity (Wildman–Crippen MR) is 63.4 cm³/mol. The van der Waals surface area contributed by atoms with E-state index < -0.39 is 0 Å². The Bertz CT molecular complexity index is 207. The fraction of sp³-hybridized carbons (Fsp3) is 0.846. The molecule has 1 nitrogen and oxygen atoms in total. The molecule has 0 spiro atoms. The van der Waals surface area contributed by atoms with Crippen molar-refractivity contribution in [2.75, 3.05) is 0 Å². The number of nitrogens with one attached hydrogen (secondary N) is 1. The van der Waals surface area contributed by atoms with Crippen LogP contribution in [-0.2, 0) is 0 Å². The highest BCUT2D eigenvalue weighted by molar-refractivity contribution is 4.98. The smallest absolute Gasteiger partial charge is 0.0163 e. The molecule has 0 radical (unpaired) electrons. The molecule has 2 unspecified atom stereocenters. The summed E-state index contributed by atoms with van der Waals surface area (Å²) >= 11 is 0. The van der Waals surface area contributed by atoms with Crippen molar-refractivity contribution in [3.63, 3.8) is 0 Å². The van der Waals surface area contributed by atoms with Gasteiger partial charge in [-0.25, -0.2) is 0 Å². The van der Waals surface area contributed by atoms with Crippen LogP contribution in [0.15, 0.2) is 12.7 Å². The summed E-state index contributed by atoms with van der Waals surface area (Å²) in [5, 5.41) is 3.79. The Morgan fingerprint density at radius 1 is 1.36 bits per heavy atom. The first-order valence-corrected chi connectivity index (χ1v) is 5.77. The monoisotopic (exact) mass is 195 g/mol. The first-order valence-electron chi connectivity index (χ1n) is 5.77. The van der Waals surface area contributed by atoms with E-state index in [2.05, 4.69) is 39.6 Å². The molecule has 1 saturated heterocycles. The molecule has 1 rings (SSSR count). The number of allylic oxidation sites excluding steroid dienone is 1. The SMILES string of the molecule is C=CCCC1(C)CC(C)CC(C)(C)N1. The third-order valence-corrected chi connectivity index (χ3v) is 3.20. The zero-order valence-electron chi connectivity index (χ0n) is 10.2. The first kappa shape index (κ1) is 11.8. The quantitative estimate of drug-likeness (QED) is 0.680. The molecule has 0 aromatic rings. The summed E-state index contributed by atoms with van der Waals surface area (Å²) < 4.78 is 0. The van der Waals surface area contributed by atoms with E-state index in [1.807, 2.05) is 6.08 Å². The lowest BCUT2D eigenvalue weighted by atomic mass is 9.74. The molecule has 1 heterocycles. The maximum Gasteiger partial charge on any atom is 0.0163 e. The molecule has 82 valence electrons. The van der Waals surface area contributed by atoms with E-state index in [1.165, 1.54) is 19.3 Å². The summed E-state index contributed by atoms with van der Waals surface area (Å²) in [4.78, 5) is 0. The highest BCUT2D eigenvalue weighted by atomic mass is 15.1. The van der Waals surface area contributed by atoms with Gasteiger partial charge in [0.1, 0.15) is 0 Å². The summed E-state index contributed by atoms with van der Waals surface area (Å²) in [6.45, 7) is 13.2. The molecule has 0 bridgehead atoms. The van der Waals surface area contributed by atoms with Gasteiger partial charge < -0.3 is 5.32 Å². The summed E-state index contributed by atoms with van der Waals surface area (Å²) in [6.07, 6.45) is 6.94. The van der Waals surface area contributed by atoms with E-state index in [1.54, 1.807) is 0 Å². The van der Waals surface area contributed by atoms with E-state index in [9.17, 15) is 0 Å². The van der Waals surface area contributed by atoms with Crippen LogP contribution in [-0.4, -0.2) is 11.1 Å². The van der Waals surface area contributed by atoms with E-state index in [0.29, 0.717) is 11.1 Å². The summed E-state index contributed by atoms with van der Waals surface area (Å²) in [6, 6.07) is 0. The molecule has 0 aromatic carbocycles. The minimum atomic E-state index is 0.299. The van der Waals surface area contributed by atoms with E-state index in [4.69, 9.17) is 0 Å². The Morgan fingerprint density at radius 2 is 2.00 bits per heavy atom. The van der Waals surface area contributed by atoms with Crippen molar-refractivity contribution >= 4 is 0 Å². The molecule has 14 heavy (non-hydrogen) atoms. The van der Waals surface area contributed by atoms with Crippen molar-refractivity contribution in [3.05, 3.63) is 12.7 Å². The van der Waals surface area contributed by atoms with Gasteiger partial charge >= 0.3 is 0 Å².